The van der Waals surface area contributed by atoms with Crippen molar-refractivity contribution in [3.05, 3.63) is 65.3 Å². The Morgan fingerprint density at radius 2 is 1.66 bits per heavy atom. The van der Waals surface area contributed by atoms with Gasteiger partial charge in [-0.2, -0.15) is 0 Å². The van der Waals surface area contributed by atoms with Gasteiger partial charge < -0.3 is 14.8 Å². The van der Waals surface area contributed by atoms with Crippen LogP contribution in [-0.4, -0.2) is 40.2 Å². The van der Waals surface area contributed by atoms with Crippen molar-refractivity contribution < 1.29 is 14.4 Å². The minimum atomic E-state index is -0.735. The molecule has 1 aliphatic heterocycles. The van der Waals surface area contributed by atoms with Gasteiger partial charge in [0.2, 0.25) is 5.91 Å². The second-order valence-electron chi connectivity index (χ2n) is 7.07. The summed E-state index contributed by atoms with van der Waals surface area (Å²) in [5.74, 6) is -1.36. The van der Waals surface area contributed by atoms with Crippen LogP contribution >= 0.6 is 11.6 Å². The van der Waals surface area contributed by atoms with Crippen LogP contribution in [0, 0.1) is 0 Å². The van der Waals surface area contributed by atoms with E-state index < -0.39 is 11.7 Å². The van der Waals surface area contributed by atoms with E-state index in [0.717, 1.165) is 31.4 Å². The SMILES string of the molecule is O=C(Nc1ccc(Cl)cc1)C(=O)c1cn(CC(=O)N2CCCC2)c2ccccc12. The van der Waals surface area contributed by atoms with Crippen LogP contribution in [0.4, 0.5) is 5.69 Å². The number of carbonyl (C=O) groups excluding carboxylic acids is 3. The highest BCUT2D eigenvalue weighted by atomic mass is 35.5. The van der Waals surface area contributed by atoms with Crippen LogP contribution in [0.5, 0.6) is 0 Å². The van der Waals surface area contributed by atoms with Crippen molar-refractivity contribution in [2.24, 2.45) is 0 Å². The fraction of sp³-hybridized carbons (Fsp3) is 0.227. The van der Waals surface area contributed by atoms with Crippen molar-refractivity contribution in [3.8, 4) is 0 Å². The number of para-hydroxylation sites is 1. The molecule has 6 nitrogen and oxygen atoms in total. The molecule has 2 heterocycles. The molecule has 0 atom stereocenters. The number of hydrogen-bond donors (Lipinski definition) is 1. The third kappa shape index (κ3) is 4.03. The number of likely N-dealkylation sites (tertiary alicyclic amines) is 1. The van der Waals surface area contributed by atoms with E-state index in [1.807, 2.05) is 23.1 Å². The Morgan fingerprint density at radius 1 is 0.966 bits per heavy atom. The molecule has 1 fully saturated rings. The van der Waals surface area contributed by atoms with Crippen LogP contribution in [0.25, 0.3) is 10.9 Å². The normalized spacial score (nSPS) is 13.6. The minimum absolute atomic E-state index is 0.0212. The lowest BCUT2D eigenvalue weighted by Crippen LogP contribution is -2.30. The highest BCUT2D eigenvalue weighted by Crippen LogP contribution is 2.23. The first-order valence-electron chi connectivity index (χ1n) is 9.50. The van der Waals surface area contributed by atoms with E-state index in [2.05, 4.69) is 5.32 Å². The number of ketones is 1. The molecule has 7 heteroatoms. The molecule has 0 radical (unpaired) electrons. The van der Waals surface area contributed by atoms with E-state index >= 15 is 0 Å². The summed E-state index contributed by atoms with van der Waals surface area (Å²) >= 11 is 5.85. The lowest BCUT2D eigenvalue weighted by molar-refractivity contribution is -0.130. The largest absolute Gasteiger partial charge is 0.341 e. The Morgan fingerprint density at radius 3 is 2.38 bits per heavy atom. The monoisotopic (exact) mass is 409 g/mol. The number of nitrogens with one attached hydrogen (secondary N) is 1. The zero-order valence-electron chi connectivity index (χ0n) is 15.7. The smallest absolute Gasteiger partial charge is 0.296 e. The van der Waals surface area contributed by atoms with Gasteiger partial charge in [0.05, 0.1) is 5.56 Å². The van der Waals surface area contributed by atoms with Crippen LogP contribution in [0.2, 0.25) is 5.02 Å². The highest BCUT2D eigenvalue weighted by Gasteiger charge is 2.24. The average molecular weight is 410 g/mol. The summed E-state index contributed by atoms with van der Waals surface area (Å²) in [6.45, 7) is 1.69. The second-order valence-corrected chi connectivity index (χ2v) is 7.50. The van der Waals surface area contributed by atoms with E-state index in [-0.39, 0.29) is 18.0 Å². The number of halogens is 1. The number of aromatic nitrogens is 1. The average Bonchev–Trinajstić information content (AvgIpc) is 3.38. The lowest BCUT2D eigenvalue weighted by Gasteiger charge is -2.15. The van der Waals surface area contributed by atoms with Gasteiger partial charge in [-0.05, 0) is 43.2 Å². The summed E-state index contributed by atoms with van der Waals surface area (Å²) in [4.78, 5) is 39.7. The number of carbonyl (C=O) groups is 3. The number of Topliss-reactive ketones (excluding diaryl/α,β-unsaturated/α-hetero) is 1. The molecule has 29 heavy (non-hydrogen) atoms. The van der Waals surface area contributed by atoms with Gasteiger partial charge in [-0.25, -0.2) is 0 Å². The maximum Gasteiger partial charge on any atom is 0.296 e. The molecule has 0 saturated carbocycles. The zero-order chi connectivity index (χ0) is 20.4. The maximum atomic E-state index is 12.8. The summed E-state index contributed by atoms with van der Waals surface area (Å²) in [6, 6.07) is 13.8. The molecule has 3 aromatic rings. The molecule has 0 aliphatic carbocycles. The summed E-state index contributed by atoms with van der Waals surface area (Å²) in [5, 5.41) is 3.79. The van der Waals surface area contributed by atoms with Crippen LogP contribution in [-0.2, 0) is 16.1 Å². The van der Waals surface area contributed by atoms with Crippen LogP contribution < -0.4 is 5.32 Å². The van der Waals surface area contributed by atoms with Gasteiger partial charge in [-0.15, -0.1) is 0 Å². The molecular weight excluding hydrogens is 390 g/mol. The molecule has 2 amide bonds. The minimum Gasteiger partial charge on any atom is -0.341 e. The third-order valence-corrected chi connectivity index (χ3v) is 5.36. The number of benzene rings is 2. The van der Waals surface area contributed by atoms with Crippen molar-refractivity contribution in [2.75, 3.05) is 18.4 Å². The molecule has 1 aromatic heterocycles. The predicted molar refractivity (Wildman–Crippen MR) is 112 cm³/mol. The topological polar surface area (TPSA) is 71.4 Å². The third-order valence-electron chi connectivity index (χ3n) is 5.11. The fourth-order valence-electron chi connectivity index (χ4n) is 3.61. The van der Waals surface area contributed by atoms with Crippen LogP contribution in [0.1, 0.15) is 23.2 Å². The molecule has 0 spiro atoms. The molecule has 0 unspecified atom stereocenters. The van der Waals surface area contributed by atoms with Crippen molar-refractivity contribution in [3.63, 3.8) is 0 Å². The molecular formula is C22H20ClN3O3. The van der Waals surface area contributed by atoms with E-state index in [1.54, 1.807) is 41.1 Å². The molecule has 2 aromatic carbocycles. The Hall–Kier alpha value is -3.12. The molecule has 4 rings (SSSR count). The molecule has 1 saturated heterocycles. The van der Waals surface area contributed by atoms with Gasteiger partial charge in [0, 0.05) is 40.9 Å². The molecule has 1 N–H and O–H groups in total. The number of nitrogens with zero attached hydrogens (tertiary/aromatic N) is 2. The predicted octanol–water partition coefficient (Wildman–Crippen LogP) is 3.74. The quantitative estimate of drug-likeness (QED) is 0.515. The molecule has 148 valence electrons. The number of rotatable bonds is 5. The first-order valence-corrected chi connectivity index (χ1v) is 9.87. The second kappa shape index (κ2) is 8.09. The molecule has 0 bridgehead atoms. The van der Waals surface area contributed by atoms with Crippen LogP contribution in [0.3, 0.4) is 0 Å². The van der Waals surface area contributed by atoms with E-state index in [9.17, 15) is 14.4 Å². The van der Waals surface area contributed by atoms with Crippen molar-refractivity contribution in [1.29, 1.82) is 0 Å². The van der Waals surface area contributed by atoms with E-state index in [0.29, 0.717) is 16.1 Å². The van der Waals surface area contributed by atoms with Gasteiger partial charge in [-0.3, -0.25) is 14.4 Å². The first kappa shape index (κ1) is 19.2. The van der Waals surface area contributed by atoms with Crippen LogP contribution in [0.15, 0.2) is 54.7 Å². The van der Waals surface area contributed by atoms with E-state index in [4.69, 9.17) is 11.6 Å². The zero-order valence-corrected chi connectivity index (χ0v) is 16.5. The van der Waals surface area contributed by atoms with Gasteiger partial charge in [0.15, 0.2) is 0 Å². The van der Waals surface area contributed by atoms with Crippen molar-refractivity contribution in [2.45, 2.75) is 19.4 Å². The number of amides is 2. The number of anilines is 1. The highest BCUT2D eigenvalue weighted by molar-refractivity contribution is 6.48. The summed E-state index contributed by atoms with van der Waals surface area (Å²) in [5.41, 5.74) is 1.52. The Bertz CT molecular complexity index is 1080. The Kier molecular flexibility index (Phi) is 5.36. The lowest BCUT2D eigenvalue weighted by atomic mass is 10.1. The maximum absolute atomic E-state index is 12.8. The number of hydrogen-bond acceptors (Lipinski definition) is 3. The van der Waals surface area contributed by atoms with E-state index in [1.165, 1.54) is 0 Å². The first-order chi connectivity index (χ1) is 14.0. The standard InChI is InChI=1S/C22H20ClN3O3/c23-15-7-9-16(10-8-15)24-22(29)21(28)18-13-26(19-6-2-1-5-17(18)19)14-20(27)25-11-3-4-12-25/h1-2,5-10,13H,3-4,11-12,14H2,(H,24,29). The number of fused-ring (bicyclic) bond motifs is 1. The van der Waals surface area contributed by atoms with Gasteiger partial charge in [-0.1, -0.05) is 29.8 Å². The molecule has 1 aliphatic rings. The summed E-state index contributed by atoms with van der Waals surface area (Å²) in [7, 11) is 0. The van der Waals surface area contributed by atoms with Gasteiger partial charge >= 0.3 is 0 Å². The van der Waals surface area contributed by atoms with Gasteiger partial charge in [0.1, 0.15) is 6.54 Å². The summed E-state index contributed by atoms with van der Waals surface area (Å²) in [6.07, 6.45) is 3.64. The Balaban J connectivity index is 1.59. The Labute approximate surface area is 173 Å². The van der Waals surface area contributed by atoms with Gasteiger partial charge in [0.25, 0.3) is 11.7 Å². The van der Waals surface area contributed by atoms with Crippen molar-refractivity contribution >= 4 is 45.8 Å². The van der Waals surface area contributed by atoms with Crippen molar-refractivity contribution in [1.82, 2.24) is 9.47 Å². The summed E-state index contributed by atoms with van der Waals surface area (Å²) < 4.78 is 1.75. The fourth-order valence-corrected chi connectivity index (χ4v) is 3.74.